The van der Waals surface area contributed by atoms with Gasteiger partial charge in [-0.3, -0.25) is 0 Å². The monoisotopic (exact) mass is 315 g/mol. The van der Waals surface area contributed by atoms with Crippen LogP contribution in [0.25, 0.3) is 0 Å². The van der Waals surface area contributed by atoms with Crippen molar-refractivity contribution in [1.29, 1.82) is 0 Å². The molecule has 1 saturated carbocycles. The van der Waals surface area contributed by atoms with E-state index in [1.165, 1.54) is 6.42 Å². The largest absolute Gasteiger partial charge is 0.544 e. The zero-order valence-corrected chi connectivity index (χ0v) is 14.3. The lowest BCUT2D eigenvalue weighted by molar-refractivity contribution is 0.0413. The molecule has 1 aliphatic rings. The smallest absolute Gasteiger partial charge is 0.242 e. The van der Waals surface area contributed by atoms with Crippen molar-refractivity contribution in [2.75, 3.05) is 0 Å². The molecule has 0 radical (unpaired) electrons. The summed E-state index contributed by atoms with van der Waals surface area (Å²) in [6.45, 7) is 6.48. The summed E-state index contributed by atoms with van der Waals surface area (Å²) in [5.74, 6) is 1.28. The predicted octanol–water partition coefficient (Wildman–Crippen LogP) is 3.48. The molecule has 1 aromatic rings. The molecule has 0 spiro atoms. The van der Waals surface area contributed by atoms with E-state index in [1.807, 2.05) is 24.3 Å². The molecule has 20 heavy (non-hydrogen) atoms. The van der Waals surface area contributed by atoms with Crippen LogP contribution < -0.4 is 10.2 Å². The van der Waals surface area contributed by atoms with Gasteiger partial charge in [0.2, 0.25) is 8.32 Å². The van der Waals surface area contributed by atoms with Gasteiger partial charge in [-0.2, -0.15) is 0 Å². The fourth-order valence-corrected chi connectivity index (χ4v) is 3.23. The first kappa shape index (κ1) is 17.5. The van der Waals surface area contributed by atoms with E-state index in [0.29, 0.717) is 5.92 Å². The molecule has 1 aromatic carbocycles. The van der Waals surface area contributed by atoms with Crippen LogP contribution in [0, 0.1) is 5.92 Å². The van der Waals surface area contributed by atoms with Crippen LogP contribution in [0.15, 0.2) is 24.3 Å². The molecule has 0 saturated heterocycles. The van der Waals surface area contributed by atoms with Gasteiger partial charge in [-0.15, -0.1) is 12.4 Å². The van der Waals surface area contributed by atoms with Crippen molar-refractivity contribution < 1.29 is 9.53 Å². The normalized spacial score (nSPS) is 18.6. The average molecular weight is 316 g/mol. The van der Waals surface area contributed by atoms with Crippen LogP contribution in [0.2, 0.25) is 19.6 Å². The van der Waals surface area contributed by atoms with E-state index in [1.54, 1.807) is 0 Å². The van der Waals surface area contributed by atoms with Gasteiger partial charge < -0.3 is 15.3 Å². The molecule has 3 nitrogen and oxygen atoms in total. The first-order valence-corrected chi connectivity index (χ1v) is 10.5. The second-order valence-corrected chi connectivity index (χ2v) is 10.9. The van der Waals surface area contributed by atoms with Crippen LogP contribution in [0.4, 0.5) is 0 Å². The number of halogens is 1. The van der Waals surface area contributed by atoms with Gasteiger partial charge in [0.15, 0.2) is 0 Å². The van der Waals surface area contributed by atoms with E-state index >= 15 is 0 Å². The summed E-state index contributed by atoms with van der Waals surface area (Å²) in [6.07, 6.45) is 3.01. The van der Waals surface area contributed by atoms with E-state index in [-0.39, 0.29) is 18.4 Å². The summed E-state index contributed by atoms with van der Waals surface area (Å²) in [7, 11) is -1.56. The Morgan fingerprint density at radius 1 is 1.20 bits per heavy atom. The Morgan fingerprint density at radius 2 is 1.75 bits per heavy atom. The minimum absolute atomic E-state index is 0. The SMILES string of the molecule is C[Si](C)(C)Oc1ccc([C@H](N)[C@H](O)C2CCC2)cc1.Cl. The van der Waals surface area contributed by atoms with Crippen molar-refractivity contribution in [2.24, 2.45) is 11.7 Å². The topological polar surface area (TPSA) is 55.5 Å². The summed E-state index contributed by atoms with van der Waals surface area (Å²) < 4.78 is 5.91. The van der Waals surface area contributed by atoms with Crippen LogP contribution in [-0.4, -0.2) is 19.5 Å². The highest BCUT2D eigenvalue weighted by Gasteiger charge is 2.30. The van der Waals surface area contributed by atoms with Gasteiger partial charge in [-0.05, 0) is 56.1 Å². The minimum Gasteiger partial charge on any atom is -0.544 e. The Morgan fingerprint density at radius 3 is 2.15 bits per heavy atom. The van der Waals surface area contributed by atoms with Crippen molar-refractivity contribution in [1.82, 2.24) is 0 Å². The number of aliphatic hydroxyl groups is 1. The molecule has 0 amide bonds. The Bertz CT molecular complexity index is 415. The van der Waals surface area contributed by atoms with Gasteiger partial charge in [0.1, 0.15) is 5.75 Å². The maximum Gasteiger partial charge on any atom is 0.242 e. The van der Waals surface area contributed by atoms with Crippen molar-refractivity contribution in [3.05, 3.63) is 29.8 Å². The van der Waals surface area contributed by atoms with E-state index in [0.717, 1.165) is 24.2 Å². The predicted molar refractivity (Wildman–Crippen MR) is 87.9 cm³/mol. The van der Waals surface area contributed by atoms with Crippen LogP contribution in [0.1, 0.15) is 30.9 Å². The Balaban J connectivity index is 0.00000200. The summed E-state index contributed by atoms with van der Waals surface area (Å²) in [6, 6.07) is 7.58. The first-order chi connectivity index (χ1) is 8.87. The van der Waals surface area contributed by atoms with Gasteiger partial charge in [-0.25, -0.2) is 0 Å². The van der Waals surface area contributed by atoms with Gasteiger partial charge in [0, 0.05) is 0 Å². The van der Waals surface area contributed by atoms with E-state index in [9.17, 15) is 5.11 Å². The quantitative estimate of drug-likeness (QED) is 0.818. The standard InChI is InChI=1S/C15H25NO2Si.ClH/c1-19(2,3)18-13-9-7-11(8-10-13)14(16)15(17)12-5-4-6-12;/h7-10,12,14-15,17H,4-6,16H2,1-3H3;1H/t14-,15+;/m0./s1. The minimum atomic E-state index is -1.56. The third-order valence-electron chi connectivity index (χ3n) is 3.69. The van der Waals surface area contributed by atoms with Crippen molar-refractivity contribution in [2.45, 2.75) is 51.0 Å². The highest BCUT2D eigenvalue weighted by atomic mass is 35.5. The Kier molecular flexibility index (Phi) is 6.07. The lowest BCUT2D eigenvalue weighted by atomic mass is 9.77. The number of hydrogen-bond donors (Lipinski definition) is 2. The summed E-state index contributed by atoms with van der Waals surface area (Å²) in [4.78, 5) is 0. The van der Waals surface area contributed by atoms with Crippen molar-refractivity contribution in [3.8, 4) is 5.75 Å². The van der Waals surface area contributed by atoms with Crippen LogP contribution in [0.3, 0.4) is 0 Å². The molecule has 1 fully saturated rings. The molecule has 114 valence electrons. The molecule has 5 heteroatoms. The third kappa shape index (κ3) is 4.48. The molecule has 0 unspecified atom stereocenters. The fraction of sp³-hybridized carbons (Fsp3) is 0.600. The highest BCUT2D eigenvalue weighted by Crippen LogP contribution is 2.34. The molecule has 3 N–H and O–H groups in total. The lowest BCUT2D eigenvalue weighted by Crippen LogP contribution is -2.36. The number of hydrogen-bond acceptors (Lipinski definition) is 3. The molecule has 0 heterocycles. The van der Waals surface area contributed by atoms with Crippen LogP contribution >= 0.6 is 12.4 Å². The molecular weight excluding hydrogens is 290 g/mol. The van der Waals surface area contributed by atoms with Crippen molar-refractivity contribution >= 4 is 20.7 Å². The zero-order valence-electron chi connectivity index (χ0n) is 12.5. The second-order valence-electron chi connectivity index (χ2n) is 6.49. The molecule has 0 aliphatic heterocycles. The number of rotatable bonds is 5. The van der Waals surface area contributed by atoms with Gasteiger partial charge in [0.05, 0.1) is 12.1 Å². The molecule has 2 atom stereocenters. The Labute approximate surface area is 129 Å². The summed E-state index contributed by atoms with van der Waals surface area (Å²) in [5.41, 5.74) is 7.13. The number of benzene rings is 1. The van der Waals surface area contributed by atoms with Gasteiger partial charge in [-0.1, -0.05) is 18.6 Å². The molecule has 2 rings (SSSR count). The average Bonchev–Trinajstić information content (AvgIpc) is 2.24. The third-order valence-corrected chi connectivity index (χ3v) is 4.54. The van der Waals surface area contributed by atoms with Crippen molar-refractivity contribution in [3.63, 3.8) is 0 Å². The molecule has 0 bridgehead atoms. The van der Waals surface area contributed by atoms with Crippen LogP contribution in [-0.2, 0) is 0 Å². The maximum atomic E-state index is 10.2. The first-order valence-electron chi connectivity index (χ1n) is 7.09. The summed E-state index contributed by atoms with van der Waals surface area (Å²) >= 11 is 0. The molecular formula is C15H26ClNO2Si. The lowest BCUT2D eigenvalue weighted by Gasteiger charge is -2.33. The number of nitrogens with two attached hydrogens (primary N) is 1. The molecule has 1 aliphatic carbocycles. The highest BCUT2D eigenvalue weighted by molar-refractivity contribution is 6.70. The zero-order chi connectivity index (χ0) is 14.0. The second kappa shape index (κ2) is 6.94. The molecule has 0 aromatic heterocycles. The van der Waals surface area contributed by atoms with E-state index < -0.39 is 14.4 Å². The summed E-state index contributed by atoms with van der Waals surface area (Å²) in [5, 5.41) is 10.2. The van der Waals surface area contributed by atoms with Crippen LogP contribution in [0.5, 0.6) is 5.75 Å². The number of aliphatic hydroxyl groups excluding tert-OH is 1. The van der Waals surface area contributed by atoms with E-state index in [2.05, 4.69) is 19.6 Å². The Hall–Kier alpha value is -0.553. The fourth-order valence-electron chi connectivity index (χ4n) is 2.38. The van der Waals surface area contributed by atoms with Gasteiger partial charge >= 0.3 is 0 Å². The van der Waals surface area contributed by atoms with Gasteiger partial charge in [0.25, 0.3) is 0 Å². The maximum absolute atomic E-state index is 10.2. The van der Waals surface area contributed by atoms with E-state index in [4.69, 9.17) is 10.2 Å².